The molecule has 0 spiro atoms. The number of hydrogen-bond donors (Lipinski definition) is 0. The first-order chi connectivity index (χ1) is 8.43. The molecule has 0 aromatic carbocycles. The first-order valence-electron chi connectivity index (χ1n) is 7.47. The van der Waals surface area contributed by atoms with Crippen molar-refractivity contribution >= 4 is 0 Å². The minimum atomic E-state index is 0.816. The van der Waals surface area contributed by atoms with Crippen molar-refractivity contribution in [1.29, 1.82) is 0 Å². The van der Waals surface area contributed by atoms with Crippen molar-refractivity contribution in [2.45, 2.75) is 71.1 Å². The zero-order valence-electron chi connectivity index (χ0n) is 11.5. The van der Waals surface area contributed by atoms with E-state index in [9.17, 15) is 0 Å². The Kier molecular flexibility index (Phi) is 9.66. The summed E-state index contributed by atoms with van der Waals surface area (Å²) in [5, 5.41) is 1.59. The average molecular weight is 243 g/mol. The van der Waals surface area contributed by atoms with Crippen molar-refractivity contribution in [2.24, 2.45) is 0 Å². The molecule has 3 nitrogen and oxygen atoms in total. The SMILES string of the molecule is CCCCCCCCCCCCON1CCO1. The van der Waals surface area contributed by atoms with Crippen LogP contribution in [-0.2, 0) is 9.68 Å². The van der Waals surface area contributed by atoms with Crippen LogP contribution in [0.25, 0.3) is 0 Å². The molecule has 0 aromatic rings. The molecule has 0 radical (unpaired) electrons. The van der Waals surface area contributed by atoms with Crippen LogP contribution in [0, 0.1) is 0 Å². The second kappa shape index (κ2) is 11.0. The third-order valence-electron chi connectivity index (χ3n) is 3.24. The van der Waals surface area contributed by atoms with E-state index in [0.717, 1.165) is 26.2 Å². The fourth-order valence-electron chi connectivity index (χ4n) is 2.02. The first kappa shape index (κ1) is 14.9. The van der Waals surface area contributed by atoms with Crippen LogP contribution in [0.1, 0.15) is 71.1 Å². The summed E-state index contributed by atoms with van der Waals surface area (Å²) < 4.78 is 0. The van der Waals surface area contributed by atoms with E-state index < -0.39 is 0 Å². The van der Waals surface area contributed by atoms with Crippen molar-refractivity contribution in [3.05, 3.63) is 0 Å². The molecule has 1 aliphatic rings. The topological polar surface area (TPSA) is 21.7 Å². The Morgan fingerprint density at radius 3 is 1.88 bits per heavy atom. The quantitative estimate of drug-likeness (QED) is 0.482. The second-order valence-corrected chi connectivity index (χ2v) is 4.90. The van der Waals surface area contributed by atoms with E-state index in [1.54, 1.807) is 5.23 Å². The molecular formula is C14H29NO2. The fraction of sp³-hybridized carbons (Fsp3) is 1.00. The fourth-order valence-corrected chi connectivity index (χ4v) is 2.02. The minimum absolute atomic E-state index is 0.816. The van der Waals surface area contributed by atoms with E-state index in [1.807, 2.05) is 0 Å². The Balaban J connectivity index is 1.64. The Hall–Kier alpha value is -0.120. The lowest BCUT2D eigenvalue weighted by molar-refractivity contribution is -0.429. The van der Waals surface area contributed by atoms with Crippen molar-refractivity contribution in [2.75, 3.05) is 19.8 Å². The monoisotopic (exact) mass is 243 g/mol. The molecule has 0 saturated carbocycles. The maximum Gasteiger partial charge on any atom is 0.0886 e. The highest BCUT2D eigenvalue weighted by molar-refractivity contribution is 4.47. The molecular weight excluding hydrogens is 214 g/mol. The molecule has 102 valence electrons. The Morgan fingerprint density at radius 2 is 1.41 bits per heavy atom. The molecule has 0 unspecified atom stereocenters. The van der Waals surface area contributed by atoms with Gasteiger partial charge in [0, 0.05) is 0 Å². The van der Waals surface area contributed by atoms with Crippen LogP contribution in [0.3, 0.4) is 0 Å². The minimum Gasteiger partial charge on any atom is -0.274 e. The van der Waals surface area contributed by atoms with Crippen LogP contribution < -0.4 is 0 Å². The van der Waals surface area contributed by atoms with Gasteiger partial charge in [-0.2, -0.15) is 0 Å². The molecule has 3 heteroatoms. The Bertz CT molecular complexity index is 160. The van der Waals surface area contributed by atoms with Crippen LogP contribution in [0.2, 0.25) is 0 Å². The van der Waals surface area contributed by atoms with E-state index in [2.05, 4.69) is 6.92 Å². The van der Waals surface area contributed by atoms with Gasteiger partial charge in [0.1, 0.15) is 0 Å². The Labute approximate surface area is 106 Å². The van der Waals surface area contributed by atoms with E-state index in [0.29, 0.717) is 0 Å². The van der Waals surface area contributed by atoms with Crippen molar-refractivity contribution < 1.29 is 9.68 Å². The standard InChI is InChI=1S/C14H29NO2/c1-2-3-4-5-6-7-8-9-10-11-13-16-15-12-14-17-15/h2-14H2,1H3. The first-order valence-corrected chi connectivity index (χ1v) is 7.47. The van der Waals surface area contributed by atoms with Gasteiger partial charge in [0.25, 0.3) is 0 Å². The molecule has 1 saturated heterocycles. The van der Waals surface area contributed by atoms with E-state index in [4.69, 9.17) is 9.68 Å². The third-order valence-corrected chi connectivity index (χ3v) is 3.24. The van der Waals surface area contributed by atoms with Gasteiger partial charge in [-0.1, -0.05) is 69.9 Å². The van der Waals surface area contributed by atoms with Gasteiger partial charge in [0.2, 0.25) is 0 Å². The third kappa shape index (κ3) is 8.58. The molecule has 0 amide bonds. The Morgan fingerprint density at radius 1 is 0.882 bits per heavy atom. The maximum atomic E-state index is 5.36. The van der Waals surface area contributed by atoms with Gasteiger partial charge in [-0.05, 0) is 6.42 Å². The molecule has 1 aliphatic heterocycles. The van der Waals surface area contributed by atoms with Crippen LogP contribution in [-0.4, -0.2) is 25.0 Å². The van der Waals surface area contributed by atoms with Gasteiger partial charge in [-0.3, -0.25) is 9.68 Å². The van der Waals surface area contributed by atoms with Gasteiger partial charge in [-0.15, -0.1) is 0 Å². The number of hydroxylamine groups is 2. The van der Waals surface area contributed by atoms with Crippen molar-refractivity contribution in [3.8, 4) is 0 Å². The van der Waals surface area contributed by atoms with Crippen molar-refractivity contribution in [1.82, 2.24) is 5.23 Å². The highest BCUT2D eigenvalue weighted by atomic mass is 17.0. The van der Waals surface area contributed by atoms with Crippen LogP contribution in [0.4, 0.5) is 0 Å². The van der Waals surface area contributed by atoms with Crippen molar-refractivity contribution in [3.63, 3.8) is 0 Å². The van der Waals surface area contributed by atoms with Gasteiger partial charge >= 0.3 is 0 Å². The molecule has 0 bridgehead atoms. The number of rotatable bonds is 12. The molecule has 0 atom stereocenters. The maximum absolute atomic E-state index is 5.36. The van der Waals surface area contributed by atoms with Crippen LogP contribution in [0.5, 0.6) is 0 Å². The molecule has 0 N–H and O–H groups in total. The molecule has 1 fully saturated rings. The zero-order valence-corrected chi connectivity index (χ0v) is 11.5. The predicted octanol–water partition coefficient (Wildman–Crippen LogP) is 4.09. The molecule has 0 aromatic heterocycles. The number of nitrogens with zero attached hydrogens (tertiary/aromatic N) is 1. The van der Waals surface area contributed by atoms with E-state index >= 15 is 0 Å². The normalized spacial score (nSPS) is 16.1. The lowest BCUT2D eigenvalue weighted by atomic mass is 10.1. The van der Waals surface area contributed by atoms with Gasteiger partial charge < -0.3 is 0 Å². The smallest absolute Gasteiger partial charge is 0.0886 e. The highest BCUT2D eigenvalue weighted by Gasteiger charge is 2.14. The molecule has 17 heavy (non-hydrogen) atoms. The van der Waals surface area contributed by atoms with E-state index in [1.165, 1.54) is 57.8 Å². The summed E-state index contributed by atoms with van der Waals surface area (Å²) in [4.78, 5) is 10.4. The molecule has 0 aliphatic carbocycles. The summed E-state index contributed by atoms with van der Waals surface area (Å²) in [5.41, 5.74) is 0. The number of unbranched alkanes of at least 4 members (excludes halogenated alkanes) is 9. The van der Waals surface area contributed by atoms with Gasteiger partial charge in [-0.25, -0.2) is 0 Å². The predicted molar refractivity (Wildman–Crippen MR) is 70.5 cm³/mol. The lowest BCUT2D eigenvalue weighted by Crippen LogP contribution is -2.39. The molecule has 1 rings (SSSR count). The lowest BCUT2D eigenvalue weighted by Gasteiger charge is -2.28. The summed E-state index contributed by atoms with van der Waals surface area (Å²) >= 11 is 0. The summed E-state index contributed by atoms with van der Waals surface area (Å²) in [7, 11) is 0. The summed E-state index contributed by atoms with van der Waals surface area (Å²) in [6.45, 7) is 4.83. The van der Waals surface area contributed by atoms with E-state index in [-0.39, 0.29) is 0 Å². The van der Waals surface area contributed by atoms with Crippen LogP contribution in [0.15, 0.2) is 0 Å². The molecule has 1 heterocycles. The second-order valence-electron chi connectivity index (χ2n) is 4.90. The average Bonchev–Trinajstić information content (AvgIpc) is 2.28. The number of hydrogen-bond acceptors (Lipinski definition) is 3. The summed E-state index contributed by atoms with van der Waals surface area (Å²) in [5.74, 6) is 0. The largest absolute Gasteiger partial charge is 0.274 e. The highest BCUT2D eigenvalue weighted by Crippen LogP contribution is 2.11. The van der Waals surface area contributed by atoms with Gasteiger partial charge in [0.15, 0.2) is 0 Å². The summed E-state index contributed by atoms with van der Waals surface area (Å²) in [6.07, 6.45) is 13.7. The zero-order chi connectivity index (χ0) is 12.2. The van der Waals surface area contributed by atoms with Crippen LogP contribution >= 0.6 is 0 Å². The van der Waals surface area contributed by atoms with Gasteiger partial charge in [0.05, 0.1) is 19.8 Å². The summed E-state index contributed by atoms with van der Waals surface area (Å²) in [6, 6.07) is 0.